The Morgan fingerprint density at radius 1 is 1.14 bits per heavy atom. The van der Waals surface area contributed by atoms with Crippen molar-refractivity contribution >= 4 is 5.97 Å². The number of likely N-dealkylation sites (tertiary alicyclic amines) is 1. The van der Waals surface area contributed by atoms with Gasteiger partial charge in [-0.15, -0.1) is 0 Å². The lowest BCUT2D eigenvalue weighted by Gasteiger charge is -2.30. The summed E-state index contributed by atoms with van der Waals surface area (Å²) in [5, 5.41) is 0. The summed E-state index contributed by atoms with van der Waals surface area (Å²) in [4.78, 5) is 13.9. The summed E-state index contributed by atoms with van der Waals surface area (Å²) in [7, 11) is 1.48. The zero-order valence-corrected chi connectivity index (χ0v) is 14.7. The summed E-state index contributed by atoms with van der Waals surface area (Å²) in [5.74, 6) is 0.0567. The first-order valence-electron chi connectivity index (χ1n) is 8.20. The van der Waals surface area contributed by atoms with Gasteiger partial charge in [0.25, 0.3) is 0 Å². The number of rotatable bonds is 5. The normalized spacial score (nSPS) is 18.0. The van der Waals surface area contributed by atoms with Crippen molar-refractivity contribution in [2.24, 2.45) is 5.92 Å². The number of methoxy groups -OCH3 is 1. The SMILES string of the molecule is CC.CC/C(C)=C/C=C(\C)CN1CCC(C(=O)OC)CC1. The highest BCUT2D eigenvalue weighted by molar-refractivity contribution is 5.72. The van der Waals surface area contributed by atoms with Crippen molar-refractivity contribution in [1.82, 2.24) is 4.90 Å². The highest BCUT2D eigenvalue weighted by atomic mass is 16.5. The number of allylic oxidation sites excluding steroid dienone is 3. The molecule has 122 valence electrons. The molecule has 0 radical (unpaired) electrons. The lowest BCUT2D eigenvalue weighted by Crippen LogP contribution is -2.37. The molecule has 0 saturated carbocycles. The minimum absolute atomic E-state index is 0.0478. The highest BCUT2D eigenvalue weighted by Crippen LogP contribution is 2.19. The number of nitrogens with zero attached hydrogens (tertiary/aromatic N) is 1. The van der Waals surface area contributed by atoms with Crippen molar-refractivity contribution in [2.75, 3.05) is 26.7 Å². The third kappa shape index (κ3) is 8.05. The van der Waals surface area contributed by atoms with E-state index in [0.29, 0.717) is 0 Å². The first kappa shape index (κ1) is 19.9. The Morgan fingerprint density at radius 2 is 1.67 bits per heavy atom. The lowest BCUT2D eigenvalue weighted by atomic mass is 9.97. The summed E-state index contributed by atoms with van der Waals surface area (Å²) in [6.45, 7) is 13.5. The summed E-state index contributed by atoms with van der Waals surface area (Å²) < 4.78 is 4.81. The molecule has 21 heavy (non-hydrogen) atoms. The third-order valence-electron chi connectivity index (χ3n) is 3.81. The number of carbonyl (C=O) groups excluding carboxylic acids is 1. The summed E-state index contributed by atoms with van der Waals surface area (Å²) >= 11 is 0. The van der Waals surface area contributed by atoms with Gasteiger partial charge < -0.3 is 4.74 Å². The molecular formula is C18H33NO2. The van der Waals surface area contributed by atoms with Crippen LogP contribution in [0.25, 0.3) is 0 Å². The van der Waals surface area contributed by atoms with Gasteiger partial charge in [-0.25, -0.2) is 0 Å². The summed E-state index contributed by atoms with van der Waals surface area (Å²) in [6, 6.07) is 0. The molecule has 1 aliphatic heterocycles. The molecular weight excluding hydrogens is 262 g/mol. The number of ether oxygens (including phenoxy) is 1. The maximum atomic E-state index is 11.4. The largest absolute Gasteiger partial charge is 0.469 e. The molecule has 1 rings (SSSR count). The van der Waals surface area contributed by atoms with Gasteiger partial charge in [-0.2, -0.15) is 0 Å². The van der Waals surface area contributed by atoms with Crippen LogP contribution < -0.4 is 0 Å². The zero-order chi connectivity index (χ0) is 16.3. The number of piperidine rings is 1. The van der Waals surface area contributed by atoms with E-state index < -0.39 is 0 Å². The van der Waals surface area contributed by atoms with Crippen molar-refractivity contribution < 1.29 is 9.53 Å². The highest BCUT2D eigenvalue weighted by Gasteiger charge is 2.25. The molecule has 3 nitrogen and oxygen atoms in total. The minimum Gasteiger partial charge on any atom is -0.469 e. The first-order valence-corrected chi connectivity index (χ1v) is 8.20. The van der Waals surface area contributed by atoms with Crippen molar-refractivity contribution in [1.29, 1.82) is 0 Å². The average molecular weight is 295 g/mol. The van der Waals surface area contributed by atoms with Crippen LogP contribution in [0.4, 0.5) is 0 Å². The van der Waals surface area contributed by atoms with Gasteiger partial charge >= 0.3 is 5.97 Å². The average Bonchev–Trinajstić information content (AvgIpc) is 2.54. The van der Waals surface area contributed by atoms with Crippen LogP contribution in [0.15, 0.2) is 23.3 Å². The molecule has 0 spiro atoms. The van der Waals surface area contributed by atoms with Crippen LogP contribution in [0.1, 0.15) is 53.9 Å². The van der Waals surface area contributed by atoms with Gasteiger partial charge in [0.05, 0.1) is 13.0 Å². The molecule has 0 aromatic carbocycles. The van der Waals surface area contributed by atoms with Crippen LogP contribution in [0, 0.1) is 5.92 Å². The molecule has 1 aliphatic rings. The quantitative estimate of drug-likeness (QED) is 0.562. The Balaban J connectivity index is 0.00000191. The minimum atomic E-state index is -0.0478. The van der Waals surface area contributed by atoms with E-state index in [1.807, 2.05) is 13.8 Å². The maximum absolute atomic E-state index is 11.4. The molecule has 1 fully saturated rings. The third-order valence-corrected chi connectivity index (χ3v) is 3.81. The first-order chi connectivity index (χ1) is 10.1. The molecule has 0 aromatic rings. The zero-order valence-electron chi connectivity index (χ0n) is 14.7. The fourth-order valence-corrected chi connectivity index (χ4v) is 2.30. The van der Waals surface area contributed by atoms with Gasteiger partial charge in [0, 0.05) is 6.54 Å². The molecule has 0 N–H and O–H groups in total. The fraction of sp³-hybridized carbons (Fsp3) is 0.722. The monoisotopic (exact) mass is 295 g/mol. The number of esters is 1. The summed E-state index contributed by atoms with van der Waals surface area (Å²) in [6.07, 6.45) is 7.36. The molecule has 0 bridgehead atoms. The van der Waals surface area contributed by atoms with Crippen molar-refractivity contribution in [2.45, 2.75) is 53.9 Å². The van der Waals surface area contributed by atoms with Crippen molar-refractivity contribution in [3.05, 3.63) is 23.3 Å². The predicted octanol–water partition coefficient (Wildman–Crippen LogP) is 4.20. The van der Waals surface area contributed by atoms with E-state index in [9.17, 15) is 4.79 Å². The van der Waals surface area contributed by atoms with Crippen LogP contribution in [0.3, 0.4) is 0 Å². The van der Waals surface area contributed by atoms with Gasteiger partial charge in [0.15, 0.2) is 0 Å². The smallest absolute Gasteiger partial charge is 0.308 e. The molecule has 3 heteroatoms. The lowest BCUT2D eigenvalue weighted by molar-refractivity contribution is -0.147. The molecule has 1 saturated heterocycles. The molecule has 0 aliphatic carbocycles. The Morgan fingerprint density at radius 3 is 2.14 bits per heavy atom. The fourth-order valence-electron chi connectivity index (χ4n) is 2.30. The molecule has 0 amide bonds. The van der Waals surface area contributed by atoms with E-state index >= 15 is 0 Å². The molecule has 0 atom stereocenters. The Labute approximate surface area is 131 Å². The van der Waals surface area contributed by atoms with Crippen LogP contribution in [0.2, 0.25) is 0 Å². The molecule has 1 heterocycles. The molecule has 0 aromatic heterocycles. The van der Waals surface area contributed by atoms with Gasteiger partial charge in [-0.05, 0) is 46.2 Å². The second kappa shape index (κ2) is 11.6. The van der Waals surface area contributed by atoms with Crippen molar-refractivity contribution in [3.8, 4) is 0 Å². The van der Waals surface area contributed by atoms with E-state index in [1.54, 1.807) is 0 Å². The standard InChI is InChI=1S/C16H27NO2.C2H6/c1-5-13(2)6-7-14(3)12-17-10-8-15(9-11-17)16(18)19-4;1-2/h6-7,15H,5,8-12H2,1-4H3;1-2H3/b13-6+,14-7+;. The van der Waals surface area contributed by atoms with Crippen LogP contribution in [-0.2, 0) is 9.53 Å². The van der Waals surface area contributed by atoms with Crippen LogP contribution in [-0.4, -0.2) is 37.6 Å². The predicted molar refractivity (Wildman–Crippen MR) is 90.3 cm³/mol. The number of carbonyl (C=O) groups is 1. The second-order valence-electron chi connectivity index (χ2n) is 5.45. The van der Waals surface area contributed by atoms with E-state index in [2.05, 4.69) is 37.8 Å². The van der Waals surface area contributed by atoms with Crippen molar-refractivity contribution in [3.63, 3.8) is 0 Å². The van der Waals surface area contributed by atoms with Gasteiger partial charge in [-0.1, -0.05) is 44.1 Å². The Kier molecular flexibility index (Phi) is 11.0. The van der Waals surface area contributed by atoms with E-state index in [0.717, 1.165) is 38.9 Å². The second-order valence-corrected chi connectivity index (χ2v) is 5.45. The van der Waals surface area contributed by atoms with Crippen LogP contribution in [0.5, 0.6) is 0 Å². The number of hydrogen-bond donors (Lipinski definition) is 0. The van der Waals surface area contributed by atoms with Gasteiger partial charge in [0.1, 0.15) is 0 Å². The summed E-state index contributed by atoms with van der Waals surface area (Å²) in [5.41, 5.74) is 2.79. The van der Waals surface area contributed by atoms with E-state index in [4.69, 9.17) is 4.74 Å². The maximum Gasteiger partial charge on any atom is 0.308 e. The van der Waals surface area contributed by atoms with Gasteiger partial charge in [-0.3, -0.25) is 9.69 Å². The Bertz CT molecular complexity index is 350. The molecule has 0 unspecified atom stereocenters. The van der Waals surface area contributed by atoms with Crippen LogP contribution >= 0.6 is 0 Å². The van der Waals surface area contributed by atoms with E-state index in [1.165, 1.54) is 18.3 Å². The van der Waals surface area contributed by atoms with E-state index in [-0.39, 0.29) is 11.9 Å². The number of hydrogen-bond acceptors (Lipinski definition) is 3. The Hall–Kier alpha value is -1.09. The van der Waals surface area contributed by atoms with Gasteiger partial charge in [0.2, 0.25) is 0 Å². The topological polar surface area (TPSA) is 29.5 Å².